The van der Waals surface area contributed by atoms with E-state index in [1.165, 1.54) is 5.56 Å². The molecule has 0 atom stereocenters. The van der Waals surface area contributed by atoms with Crippen LogP contribution in [0.2, 0.25) is 0 Å². The van der Waals surface area contributed by atoms with Crippen LogP contribution >= 0.6 is 15.9 Å². The quantitative estimate of drug-likeness (QED) is 0.702. The average molecular weight is 321 g/mol. The Morgan fingerprint density at radius 1 is 0.842 bits per heavy atom. The summed E-state index contributed by atoms with van der Waals surface area (Å²) >= 11 is 3.39. The molecule has 0 unspecified atom stereocenters. The van der Waals surface area contributed by atoms with Crippen LogP contribution in [0.4, 0.5) is 0 Å². The maximum Gasteiger partial charge on any atom is 0.119 e. The highest BCUT2D eigenvalue weighted by molar-refractivity contribution is 9.10. The molecule has 19 heavy (non-hydrogen) atoms. The zero-order chi connectivity index (χ0) is 13.3. The summed E-state index contributed by atoms with van der Waals surface area (Å²) < 4.78 is 12.3. The molecule has 0 aliphatic heterocycles. The molecule has 0 saturated heterocycles. The summed E-state index contributed by atoms with van der Waals surface area (Å²) in [6.45, 7) is 2.06. The summed E-state index contributed by atoms with van der Waals surface area (Å²) in [5, 5.41) is 0. The second kappa shape index (κ2) is 7.97. The highest BCUT2D eigenvalue weighted by Gasteiger charge is 1.95. The number of ether oxygens (including phenoxy) is 2. The van der Waals surface area contributed by atoms with Crippen LogP contribution in [0.15, 0.2) is 59.1 Å². The lowest BCUT2D eigenvalue weighted by Gasteiger charge is -2.07. The van der Waals surface area contributed by atoms with E-state index in [2.05, 4.69) is 28.1 Å². The van der Waals surface area contributed by atoms with Crippen molar-refractivity contribution in [3.8, 4) is 5.75 Å². The molecule has 0 aliphatic carbocycles. The largest absolute Gasteiger partial charge is 0.494 e. The summed E-state index contributed by atoms with van der Waals surface area (Å²) in [4.78, 5) is 0. The van der Waals surface area contributed by atoms with Crippen molar-refractivity contribution < 1.29 is 9.47 Å². The minimum atomic E-state index is 0.666. The number of rotatable bonds is 7. The standard InChI is InChI=1S/C16H17BrO2/c17-15-7-9-16(10-8-15)19-12-4-11-18-13-14-5-2-1-3-6-14/h1-3,5-10H,4,11-13H2. The molecule has 0 aromatic heterocycles. The van der Waals surface area contributed by atoms with E-state index in [0.29, 0.717) is 19.8 Å². The molecule has 2 aromatic carbocycles. The van der Waals surface area contributed by atoms with E-state index < -0.39 is 0 Å². The van der Waals surface area contributed by atoms with Gasteiger partial charge < -0.3 is 9.47 Å². The minimum absolute atomic E-state index is 0.666. The van der Waals surface area contributed by atoms with Crippen LogP contribution in [0.25, 0.3) is 0 Å². The van der Waals surface area contributed by atoms with E-state index in [-0.39, 0.29) is 0 Å². The van der Waals surface area contributed by atoms with Gasteiger partial charge in [0.2, 0.25) is 0 Å². The predicted octanol–water partition coefficient (Wildman–Crippen LogP) is 4.43. The van der Waals surface area contributed by atoms with Gasteiger partial charge in [0.15, 0.2) is 0 Å². The van der Waals surface area contributed by atoms with E-state index in [4.69, 9.17) is 9.47 Å². The average Bonchev–Trinajstić information content (AvgIpc) is 2.46. The fraction of sp³-hybridized carbons (Fsp3) is 0.250. The highest BCUT2D eigenvalue weighted by Crippen LogP contribution is 2.16. The molecule has 2 rings (SSSR count). The topological polar surface area (TPSA) is 18.5 Å². The summed E-state index contributed by atoms with van der Waals surface area (Å²) in [6, 6.07) is 18.0. The molecule has 0 radical (unpaired) electrons. The molecule has 0 N–H and O–H groups in total. The lowest BCUT2D eigenvalue weighted by Crippen LogP contribution is -2.03. The smallest absolute Gasteiger partial charge is 0.119 e. The van der Waals surface area contributed by atoms with Gasteiger partial charge in [-0.05, 0) is 29.8 Å². The monoisotopic (exact) mass is 320 g/mol. The number of halogens is 1. The van der Waals surface area contributed by atoms with Gasteiger partial charge in [0.05, 0.1) is 19.8 Å². The molecular formula is C16H17BrO2. The normalized spacial score (nSPS) is 10.4. The zero-order valence-electron chi connectivity index (χ0n) is 10.7. The molecule has 0 saturated carbocycles. The number of hydrogen-bond acceptors (Lipinski definition) is 2. The third kappa shape index (κ3) is 5.45. The summed E-state index contributed by atoms with van der Waals surface area (Å²) in [7, 11) is 0. The summed E-state index contributed by atoms with van der Waals surface area (Å²) in [6.07, 6.45) is 0.892. The van der Waals surface area contributed by atoms with Crippen molar-refractivity contribution >= 4 is 15.9 Å². The Bertz CT molecular complexity index is 468. The van der Waals surface area contributed by atoms with Gasteiger partial charge in [-0.25, -0.2) is 0 Å². The van der Waals surface area contributed by atoms with Gasteiger partial charge in [-0.1, -0.05) is 46.3 Å². The van der Waals surface area contributed by atoms with Crippen LogP contribution in [-0.2, 0) is 11.3 Å². The third-order valence-corrected chi connectivity index (χ3v) is 3.16. The second-order valence-corrected chi connectivity index (χ2v) is 5.11. The van der Waals surface area contributed by atoms with Crippen LogP contribution in [0.3, 0.4) is 0 Å². The maximum absolute atomic E-state index is 5.61. The summed E-state index contributed by atoms with van der Waals surface area (Å²) in [5.41, 5.74) is 1.20. The Hall–Kier alpha value is -1.32. The predicted molar refractivity (Wildman–Crippen MR) is 80.4 cm³/mol. The third-order valence-electron chi connectivity index (χ3n) is 2.63. The van der Waals surface area contributed by atoms with Crippen LogP contribution in [0.5, 0.6) is 5.75 Å². The van der Waals surface area contributed by atoms with Gasteiger partial charge in [-0.3, -0.25) is 0 Å². The molecule has 2 aromatic rings. The van der Waals surface area contributed by atoms with Crippen LogP contribution < -0.4 is 4.74 Å². The zero-order valence-corrected chi connectivity index (χ0v) is 12.3. The van der Waals surface area contributed by atoms with Crippen molar-refractivity contribution in [2.45, 2.75) is 13.0 Å². The first kappa shape index (κ1) is 14.1. The lowest BCUT2D eigenvalue weighted by atomic mass is 10.2. The first-order valence-corrected chi connectivity index (χ1v) is 7.14. The SMILES string of the molecule is Brc1ccc(OCCCOCc2ccccc2)cc1. The molecule has 2 nitrogen and oxygen atoms in total. The Morgan fingerprint density at radius 3 is 2.32 bits per heavy atom. The number of benzene rings is 2. The van der Waals surface area contributed by atoms with Gasteiger partial charge in [0.25, 0.3) is 0 Å². The van der Waals surface area contributed by atoms with Gasteiger partial charge in [0.1, 0.15) is 5.75 Å². The van der Waals surface area contributed by atoms with Crippen molar-refractivity contribution in [3.63, 3.8) is 0 Å². The molecular weight excluding hydrogens is 304 g/mol. The van der Waals surface area contributed by atoms with Crippen LogP contribution in [0.1, 0.15) is 12.0 Å². The minimum Gasteiger partial charge on any atom is -0.494 e. The van der Waals surface area contributed by atoms with Crippen LogP contribution in [0, 0.1) is 0 Å². The molecule has 0 heterocycles. The van der Waals surface area contributed by atoms with Gasteiger partial charge >= 0.3 is 0 Å². The molecule has 0 aliphatic rings. The lowest BCUT2D eigenvalue weighted by molar-refractivity contribution is 0.107. The van der Waals surface area contributed by atoms with Crippen molar-refractivity contribution in [1.82, 2.24) is 0 Å². The van der Waals surface area contributed by atoms with E-state index in [1.54, 1.807) is 0 Å². The number of hydrogen-bond donors (Lipinski definition) is 0. The Balaban J connectivity index is 1.56. The van der Waals surface area contributed by atoms with E-state index in [1.807, 2.05) is 42.5 Å². The maximum atomic E-state index is 5.61. The van der Waals surface area contributed by atoms with Crippen molar-refractivity contribution in [2.24, 2.45) is 0 Å². The van der Waals surface area contributed by atoms with Gasteiger partial charge in [-0.15, -0.1) is 0 Å². The highest BCUT2D eigenvalue weighted by atomic mass is 79.9. The molecule has 3 heteroatoms. The molecule has 0 spiro atoms. The fourth-order valence-corrected chi connectivity index (χ4v) is 1.91. The first-order chi connectivity index (χ1) is 9.34. The van der Waals surface area contributed by atoms with E-state index >= 15 is 0 Å². The Kier molecular flexibility index (Phi) is 5.92. The molecule has 0 fully saturated rings. The van der Waals surface area contributed by atoms with Crippen molar-refractivity contribution in [1.29, 1.82) is 0 Å². The van der Waals surface area contributed by atoms with E-state index in [0.717, 1.165) is 16.6 Å². The Morgan fingerprint density at radius 2 is 1.58 bits per heavy atom. The van der Waals surface area contributed by atoms with E-state index in [9.17, 15) is 0 Å². The fourth-order valence-electron chi connectivity index (χ4n) is 1.65. The first-order valence-electron chi connectivity index (χ1n) is 6.34. The van der Waals surface area contributed by atoms with Gasteiger partial charge in [-0.2, -0.15) is 0 Å². The molecule has 100 valence electrons. The van der Waals surface area contributed by atoms with Crippen molar-refractivity contribution in [3.05, 3.63) is 64.6 Å². The van der Waals surface area contributed by atoms with Crippen molar-refractivity contribution in [2.75, 3.05) is 13.2 Å². The second-order valence-electron chi connectivity index (χ2n) is 4.19. The van der Waals surface area contributed by atoms with Gasteiger partial charge in [0, 0.05) is 10.9 Å². The Labute approximate surface area is 122 Å². The van der Waals surface area contributed by atoms with Crippen LogP contribution in [-0.4, -0.2) is 13.2 Å². The molecule has 0 amide bonds. The molecule has 0 bridgehead atoms. The summed E-state index contributed by atoms with van der Waals surface area (Å²) in [5.74, 6) is 0.895.